The summed E-state index contributed by atoms with van der Waals surface area (Å²) in [5.74, 6) is -0.825. The number of aliphatic carboxylic acids is 1. The average molecular weight is 332 g/mol. The molecule has 2 N–H and O–H groups in total. The first-order valence-corrected chi connectivity index (χ1v) is 8.67. The van der Waals surface area contributed by atoms with Crippen LogP contribution in [0.25, 0.3) is 0 Å². The number of esters is 1. The third-order valence-electron chi connectivity index (χ3n) is 3.52. The Balaban J connectivity index is 0.000000515. The maximum Gasteiger partial charge on any atom is 0.306 e. The third kappa shape index (κ3) is 13.0. The number of unbranched alkanes of at least 4 members (excludes halogenated alkanes) is 4. The Kier molecular flexibility index (Phi) is 13.7. The lowest BCUT2D eigenvalue weighted by Gasteiger charge is -2.09. The van der Waals surface area contributed by atoms with Crippen molar-refractivity contribution in [1.82, 2.24) is 0 Å². The highest BCUT2D eigenvalue weighted by Crippen LogP contribution is 2.16. The summed E-state index contributed by atoms with van der Waals surface area (Å²) in [7, 11) is 0. The molecule has 1 aliphatic rings. The summed E-state index contributed by atoms with van der Waals surface area (Å²) < 4.78 is 10.4. The van der Waals surface area contributed by atoms with Crippen LogP contribution in [0, 0.1) is 0 Å². The average Bonchev–Trinajstić information content (AvgIpc) is 2.96. The van der Waals surface area contributed by atoms with Crippen molar-refractivity contribution in [1.29, 1.82) is 0 Å². The van der Waals surface area contributed by atoms with E-state index in [9.17, 15) is 9.59 Å². The highest BCUT2D eigenvalue weighted by molar-refractivity contribution is 5.69. The molecule has 0 saturated carbocycles. The summed E-state index contributed by atoms with van der Waals surface area (Å²) in [6.45, 7) is 4.58. The molecule has 6 nitrogen and oxygen atoms in total. The molecular formula is C17H32O6. The Morgan fingerprint density at radius 1 is 1.09 bits per heavy atom. The van der Waals surface area contributed by atoms with Crippen molar-refractivity contribution < 1.29 is 29.3 Å². The first-order valence-electron chi connectivity index (χ1n) is 8.67. The molecule has 6 heteroatoms. The molecule has 136 valence electrons. The number of carboxylic acids is 1. The second-order valence-electron chi connectivity index (χ2n) is 5.79. The van der Waals surface area contributed by atoms with E-state index in [2.05, 4.69) is 13.8 Å². The molecular weight excluding hydrogens is 300 g/mol. The summed E-state index contributed by atoms with van der Waals surface area (Å²) in [5.41, 5.74) is 0. The van der Waals surface area contributed by atoms with E-state index < -0.39 is 5.97 Å². The van der Waals surface area contributed by atoms with Gasteiger partial charge in [0.2, 0.25) is 0 Å². The van der Waals surface area contributed by atoms with Gasteiger partial charge in [0, 0.05) is 19.3 Å². The van der Waals surface area contributed by atoms with Gasteiger partial charge in [-0.1, -0.05) is 39.5 Å². The monoisotopic (exact) mass is 332 g/mol. The molecule has 2 atom stereocenters. The third-order valence-corrected chi connectivity index (χ3v) is 3.52. The second-order valence-corrected chi connectivity index (χ2v) is 5.79. The minimum Gasteiger partial charge on any atom is -0.481 e. The maximum atomic E-state index is 11.3. The summed E-state index contributed by atoms with van der Waals surface area (Å²) >= 11 is 0. The van der Waals surface area contributed by atoms with E-state index in [4.69, 9.17) is 19.7 Å². The molecule has 1 aliphatic heterocycles. The smallest absolute Gasteiger partial charge is 0.306 e. The normalized spacial score (nSPS) is 19.8. The van der Waals surface area contributed by atoms with Crippen LogP contribution in [-0.4, -0.2) is 47.6 Å². The van der Waals surface area contributed by atoms with Crippen molar-refractivity contribution in [2.24, 2.45) is 0 Å². The Bertz CT molecular complexity index is 318. The van der Waals surface area contributed by atoms with Crippen LogP contribution in [0.3, 0.4) is 0 Å². The lowest BCUT2D eigenvalue weighted by molar-refractivity contribution is -0.149. The molecule has 0 aromatic rings. The molecule has 1 heterocycles. The van der Waals surface area contributed by atoms with Crippen LogP contribution in [-0.2, 0) is 19.1 Å². The minimum atomic E-state index is -0.682. The van der Waals surface area contributed by atoms with E-state index in [-0.39, 0.29) is 24.8 Å². The Labute approximate surface area is 139 Å². The molecule has 0 bridgehead atoms. The molecule has 1 rings (SSSR count). The van der Waals surface area contributed by atoms with Gasteiger partial charge in [-0.15, -0.1) is 0 Å². The standard InChI is InChI=1S/C11H20O4.C6H12O2/c1-2-3-4-5-11(13)15-10-6-9(7-12)14-8-10;1-2-3-4-5-6(7)8/h9-10,12H,2-8H2,1H3;2-5H2,1H3,(H,7,8). The van der Waals surface area contributed by atoms with Gasteiger partial charge in [-0.25, -0.2) is 0 Å². The Hall–Kier alpha value is -1.14. The fourth-order valence-corrected chi connectivity index (χ4v) is 2.17. The zero-order valence-corrected chi connectivity index (χ0v) is 14.5. The van der Waals surface area contributed by atoms with Gasteiger partial charge in [0.05, 0.1) is 19.3 Å². The molecule has 0 aliphatic carbocycles. The van der Waals surface area contributed by atoms with E-state index in [0.29, 0.717) is 25.9 Å². The zero-order valence-electron chi connectivity index (χ0n) is 14.5. The van der Waals surface area contributed by atoms with E-state index >= 15 is 0 Å². The number of carbonyl (C=O) groups excluding carboxylic acids is 1. The van der Waals surface area contributed by atoms with Gasteiger partial charge >= 0.3 is 11.9 Å². The number of hydrogen-bond acceptors (Lipinski definition) is 5. The highest BCUT2D eigenvalue weighted by atomic mass is 16.6. The molecule has 2 unspecified atom stereocenters. The molecule has 0 amide bonds. The first-order chi connectivity index (χ1) is 11.0. The molecule has 0 aromatic carbocycles. The fourth-order valence-electron chi connectivity index (χ4n) is 2.17. The van der Waals surface area contributed by atoms with Gasteiger partial charge in [0.25, 0.3) is 0 Å². The van der Waals surface area contributed by atoms with Crippen LogP contribution in [0.5, 0.6) is 0 Å². The van der Waals surface area contributed by atoms with Crippen molar-refractivity contribution >= 4 is 11.9 Å². The van der Waals surface area contributed by atoms with Gasteiger partial charge in [0.15, 0.2) is 0 Å². The minimum absolute atomic E-state index is 0.00385. The van der Waals surface area contributed by atoms with Crippen molar-refractivity contribution in [3.63, 3.8) is 0 Å². The maximum absolute atomic E-state index is 11.3. The molecule has 0 radical (unpaired) electrons. The summed E-state index contributed by atoms with van der Waals surface area (Å²) in [6, 6.07) is 0. The quantitative estimate of drug-likeness (QED) is 0.472. The van der Waals surface area contributed by atoms with Crippen LogP contribution in [0.15, 0.2) is 0 Å². The molecule has 0 spiro atoms. The number of aliphatic hydroxyl groups excluding tert-OH is 1. The van der Waals surface area contributed by atoms with E-state index in [1.165, 1.54) is 0 Å². The number of carboxylic acid groups (broad SMARTS) is 1. The lowest BCUT2D eigenvalue weighted by Crippen LogP contribution is -2.18. The summed E-state index contributed by atoms with van der Waals surface area (Å²) in [5, 5.41) is 17.0. The number of aliphatic hydroxyl groups is 1. The lowest BCUT2D eigenvalue weighted by atomic mass is 10.2. The number of carbonyl (C=O) groups is 2. The number of hydrogen-bond donors (Lipinski definition) is 2. The number of rotatable bonds is 10. The molecule has 1 saturated heterocycles. The fraction of sp³-hybridized carbons (Fsp3) is 0.882. The number of ether oxygens (including phenoxy) is 2. The summed E-state index contributed by atoms with van der Waals surface area (Å²) in [4.78, 5) is 21.2. The zero-order chi connectivity index (χ0) is 17.5. The van der Waals surface area contributed by atoms with Crippen LogP contribution in [0.4, 0.5) is 0 Å². The molecule has 1 fully saturated rings. The Morgan fingerprint density at radius 3 is 2.17 bits per heavy atom. The first kappa shape index (κ1) is 21.9. The van der Waals surface area contributed by atoms with Crippen LogP contribution < -0.4 is 0 Å². The summed E-state index contributed by atoms with van der Waals surface area (Å²) in [6.07, 6.45) is 7.15. The highest BCUT2D eigenvalue weighted by Gasteiger charge is 2.27. The van der Waals surface area contributed by atoms with Gasteiger partial charge in [-0.2, -0.15) is 0 Å². The van der Waals surface area contributed by atoms with E-state index in [1.807, 2.05) is 0 Å². The van der Waals surface area contributed by atoms with Gasteiger partial charge in [0.1, 0.15) is 6.10 Å². The largest absolute Gasteiger partial charge is 0.481 e. The predicted molar refractivity (Wildman–Crippen MR) is 87.2 cm³/mol. The Morgan fingerprint density at radius 2 is 1.70 bits per heavy atom. The van der Waals surface area contributed by atoms with Crippen LogP contribution in [0.2, 0.25) is 0 Å². The van der Waals surface area contributed by atoms with Crippen molar-refractivity contribution in [2.45, 2.75) is 83.8 Å². The van der Waals surface area contributed by atoms with Crippen molar-refractivity contribution in [3.8, 4) is 0 Å². The van der Waals surface area contributed by atoms with Gasteiger partial charge < -0.3 is 19.7 Å². The van der Waals surface area contributed by atoms with E-state index in [1.54, 1.807) is 0 Å². The SMILES string of the molecule is CCCCCC(=O)O.CCCCCC(=O)OC1COC(CO)C1. The van der Waals surface area contributed by atoms with Crippen LogP contribution in [0.1, 0.15) is 71.6 Å². The van der Waals surface area contributed by atoms with Gasteiger partial charge in [-0.3, -0.25) is 9.59 Å². The molecule has 23 heavy (non-hydrogen) atoms. The van der Waals surface area contributed by atoms with E-state index in [0.717, 1.165) is 38.5 Å². The topological polar surface area (TPSA) is 93.1 Å². The second kappa shape index (κ2) is 14.5. The molecule has 0 aromatic heterocycles. The van der Waals surface area contributed by atoms with Crippen molar-refractivity contribution in [3.05, 3.63) is 0 Å². The van der Waals surface area contributed by atoms with Crippen molar-refractivity contribution in [2.75, 3.05) is 13.2 Å². The van der Waals surface area contributed by atoms with Gasteiger partial charge in [-0.05, 0) is 12.8 Å². The predicted octanol–water partition coefficient (Wildman–Crippen LogP) is 2.91. The van der Waals surface area contributed by atoms with Crippen LogP contribution >= 0.6 is 0 Å².